The molecule has 0 spiro atoms. The van der Waals surface area contributed by atoms with Crippen molar-refractivity contribution in [3.8, 4) is 11.5 Å². The van der Waals surface area contributed by atoms with E-state index in [-0.39, 0.29) is 29.9 Å². The summed E-state index contributed by atoms with van der Waals surface area (Å²) in [4.78, 5) is 28.9. The molecule has 0 radical (unpaired) electrons. The number of aryl methyl sites for hydroxylation is 1. The Bertz CT molecular complexity index is 1230. The zero-order chi connectivity index (χ0) is 27.9. The lowest BCUT2D eigenvalue weighted by Gasteiger charge is -2.34. The lowest BCUT2D eigenvalue weighted by Crippen LogP contribution is -2.53. The molecular formula is C28H39N3O6S. The first-order chi connectivity index (χ1) is 18.1. The maximum Gasteiger partial charge on any atom is 0.244 e. The molecule has 1 atom stereocenters. The van der Waals surface area contributed by atoms with E-state index in [9.17, 15) is 18.0 Å². The van der Waals surface area contributed by atoms with Crippen LogP contribution >= 0.6 is 0 Å². The van der Waals surface area contributed by atoms with E-state index >= 15 is 0 Å². The largest absolute Gasteiger partial charge is 0.497 e. The van der Waals surface area contributed by atoms with Crippen LogP contribution in [0.25, 0.3) is 0 Å². The minimum atomic E-state index is -3.91. The molecule has 0 heterocycles. The highest BCUT2D eigenvalue weighted by Crippen LogP contribution is 2.34. The molecule has 38 heavy (non-hydrogen) atoms. The van der Waals surface area contributed by atoms with Gasteiger partial charge in [-0.3, -0.25) is 13.9 Å². The normalized spacial score (nSPS) is 14.6. The molecule has 1 aliphatic carbocycles. The Hall–Kier alpha value is -3.27. The molecule has 10 heteroatoms. The van der Waals surface area contributed by atoms with Crippen molar-refractivity contribution < 1.29 is 27.5 Å². The van der Waals surface area contributed by atoms with Gasteiger partial charge < -0.3 is 19.7 Å². The van der Waals surface area contributed by atoms with Crippen molar-refractivity contribution >= 4 is 27.5 Å². The molecule has 1 N–H and O–H groups in total. The summed E-state index contributed by atoms with van der Waals surface area (Å²) < 4.78 is 37.6. The molecule has 0 aliphatic heterocycles. The van der Waals surface area contributed by atoms with Crippen LogP contribution in [0, 0.1) is 6.92 Å². The molecule has 2 amide bonds. The van der Waals surface area contributed by atoms with Gasteiger partial charge >= 0.3 is 0 Å². The summed E-state index contributed by atoms with van der Waals surface area (Å²) >= 11 is 0. The number of rotatable bonds is 12. The van der Waals surface area contributed by atoms with Crippen LogP contribution in [0.4, 0.5) is 5.69 Å². The summed E-state index contributed by atoms with van der Waals surface area (Å²) in [5.74, 6) is -0.00953. The first-order valence-corrected chi connectivity index (χ1v) is 14.8. The molecular weight excluding hydrogens is 506 g/mol. The molecule has 0 aromatic heterocycles. The summed E-state index contributed by atoms with van der Waals surface area (Å²) in [6, 6.07) is 11.8. The van der Waals surface area contributed by atoms with Gasteiger partial charge in [-0.05, 0) is 49.4 Å². The predicted octanol–water partition coefficient (Wildman–Crippen LogP) is 3.64. The number of anilines is 1. The number of carbonyl (C=O) groups is 2. The van der Waals surface area contributed by atoms with Crippen LogP contribution in [0.1, 0.15) is 50.2 Å². The van der Waals surface area contributed by atoms with Crippen molar-refractivity contribution in [3.63, 3.8) is 0 Å². The van der Waals surface area contributed by atoms with Gasteiger partial charge in [-0.1, -0.05) is 44.0 Å². The van der Waals surface area contributed by atoms with Crippen LogP contribution in [-0.4, -0.2) is 64.2 Å². The fraction of sp³-hybridized carbons (Fsp3) is 0.500. The van der Waals surface area contributed by atoms with Crippen LogP contribution in [0.3, 0.4) is 0 Å². The molecule has 1 aliphatic rings. The number of hydrogen-bond donors (Lipinski definition) is 1. The first-order valence-electron chi connectivity index (χ1n) is 12.9. The third kappa shape index (κ3) is 7.18. The number of sulfonamides is 1. The fourth-order valence-corrected chi connectivity index (χ4v) is 5.69. The summed E-state index contributed by atoms with van der Waals surface area (Å²) in [5.41, 5.74) is 2.05. The predicted molar refractivity (Wildman–Crippen MR) is 148 cm³/mol. The van der Waals surface area contributed by atoms with Crippen molar-refractivity contribution in [3.05, 3.63) is 53.6 Å². The second-order valence-electron chi connectivity index (χ2n) is 9.67. The van der Waals surface area contributed by atoms with Crippen LogP contribution in [0.5, 0.6) is 11.5 Å². The monoisotopic (exact) mass is 545 g/mol. The van der Waals surface area contributed by atoms with E-state index in [0.717, 1.165) is 47.4 Å². The Labute approximate surface area is 226 Å². The van der Waals surface area contributed by atoms with Gasteiger partial charge in [0.2, 0.25) is 21.8 Å². The van der Waals surface area contributed by atoms with Gasteiger partial charge in [0.1, 0.15) is 24.1 Å². The first kappa shape index (κ1) is 29.3. The third-order valence-corrected chi connectivity index (χ3v) is 8.15. The van der Waals surface area contributed by atoms with Gasteiger partial charge in [0, 0.05) is 18.7 Å². The lowest BCUT2D eigenvalue weighted by atomic mass is 10.1. The molecule has 0 unspecified atom stereocenters. The van der Waals surface area contributed by atoms with Crippen LogP contribution in [0.2, 0.25) is 0 Å². The summed E-state index contributed by atoms with van der Waals surface area (Å²) in [6.45, 7) is 3.48. The second-order valence-corrected chi connectivity index (χ2v) is 11.6. The zero-order valence-electron chi connectivity index (χ0n) is 22.9. The van der Waals surface area contributed by atoms with E-state index in [1.165, 1.54) is 25.2 Å². The maximum atomic E-state index is 14.0. The topological polar surface area (TPSA) is 105 Å². The number of methoxy groups -OCH3 is 2. The van der Waals surface area contributed by atoms with Crippen LogP contribution in [-0.2, 0) is 26.2 Å². The minimum Gasteiger partial charge on any atom is -0.497 e. The van der Waals surface area contributed by atoms with E-state index < -0.39 is 28.5 Å². The van der Waals surface area contributed by atoms with Gasteiger partial charge in [0.25, 0.3) is 0 Å². The second kappa shape index (κ2) is 13.0. The van der Waals surface area contributed by atoms with E-state index in [1.807, 2.05) is 38.1 Å². The number of hydrogen-bond acceptors (Lipinski definition) is 6. The number of ether oxygens (including phenoxy) is 2. The van der Waals surface area contributed by atoms with Crippen LogP contribution < -0.4 is 19.1 Å². The van der Waals surface area contributed by atoms with Crippen molar-refractivity contribution in [1.29, 1.82) is 0 Å². The van der Waals surface area contributed by atoms with E-state index in [0.29, 0.717) is 12.2 Å². The highest BCUT2D eigenvalue weighted by Gasteiger charge is 2.34. The molecule has 208 valence electrons. The average molecular weight is 546 g/mol. The highest BCUT2D eigenvalue weighted by molar-refractivity contribution is 7.92. The molecule has 9 nitrogen and oxygen atoms in total. The Kier molecular flexibility index (Phi) is 10.0. The summed E-state index contributed by atoms with van der Waals surface area (Å²) in [6.07, 6.45) is 5.40. The molecule has 1 saturated carbocycles. The smallest absolute Gasteiger partial charge is 0.244 e. The van der Waals surface area contributed by atoms with E-state index in [4.69, 9.17) is 9.47 Å². The number of carbonyl (C=O) groups excluding carboxylic acids is 2. The molecule has 2 aromatic carbocycles. The Morgan fingerprint density at radius 2 is 1.76 bits per heavy atom. The Morgan fingerprint density at radius 1 is 1.08 bits per heavy atom. The van der Waals surface area contributed by atoms with Gasteiger partial charge in [0.05, 0.1) is 26.2 Å². The Balaban J connectivity index is 1.99. The molecule has 1 fully saturated rings. The number of benzene rings is 2. The molecule has 0 saturated heterocycles. The van der Waals surface area contributed by atoms with E-state index in [2.05, 4.69) is 5.32 Å². The highest BCUT2D eigenvalue weighted by atomic mass is 32.2. The molecule has 3 rings (SSSR count). The van der Waals surface area contributed by atoms with Crippen LogP contribution in [0.15, 0.2) is 42.5 Å². The van der Waals surface area contributed by atoms with Gasteiger partial charge in [-0.25, -0.2) is 8.42 Å². The minimum absolute atomic E-state index is 0.0977. The van der Waals surface area contributed by atoms with Gasteiger partial charge in [0.15, 0.2) is 0 Å². The maximum absolute atomic E-state index is 14.0. The van der Waals surface area contributed by atoms with E-state index in [1.54, 1.807) is 12.1 Å². The number of amides is 2. The molecule has 0 bridgehead atoms. The average Bonchev–Trinajstić information content (AvgIpc) is 3.40. The summed E-state index contributed by atoms with van der Waals surface area (Å²) in [7, 11) is -1.01. The number of nitrogens with zero attached hydrogens (tertiary/aromatic N) is 2. The quantitative estimate of drug-likeness (QED) is 0.437. The Morgan fingerprint density at radius 3 is 2.34 bits per heavy atom. The van der Waals surface area contributed by atoms with Crippen molar-refractivity contribution in [2.24, 2.45) is 0 Å². The van der Waals surface area contributed by atoms with Crippen molar-refractivity contribution in [1.82, 2.24) is 10.2 Å². The van der Waals surface area contributed by atoms with Crippen molar-refractivity contribution in [2.75, 3.05) is 31.3 Å². The standard InChI is InChI=1S/C28H39N3O6S/c1-6-24(28(33)29-22-13-9-10-14-22)30(18-21-12-8-7-11-20(21)2)27(32)19-31(38(5,34)35)25-17-23(36-3)15-16-26(25)37-4/h7-8,11-12,15-17,22,24H,6,9-10,13-14,18-19H2,1-5H3,(H,29,33)/t24-/m0/s1. The SMILES string of the molecule is CC[C@@H](C(=O)NC1CCCC1)N(Cc1ccccc1C)C(=O)CN(c1cc(OC)ccc1OC)S(C)(=O)=O. The lowest BCUT2D eigenvalue weighted by molar-refractivity contribution is -0.140. The number of nitrogens with one attached hydrogen (secondary N) is 1. The fourth-order valence-electron chi connectivity index (χ4n) is 4.84. The zero-order valence-corrected chi connectivity index (χ0v) is 23.7. The van der Waals surface area contributed by atoms with Crippen molar-refractivity contribution in [2.45, 2.75) is 64.6 Å². The van der Waals surface area contributed by atoms with Gasteiger partial charge in [-0.2, -0.15) is 0 Å². The summed E-state index contributed by atoms with van der Waals surface area (Å²) in [5, 5.41) is 3.11. The third-order valence-electron chi connectivity index (χ3n) is 7.02. The van der Waals surface area contributed by atoms with Gasteiger partial charge in [-0.15, -0.1) is 0 Å². The molecule has 2 aromatic rings.